The van der Waals surface area contributed by atoms with E-state index in [1.165, 1.54) is 0 Å². The van der Waals surface area contributed by atoms with Crippen LogP contribution in [0.1, 0.15) is 22.9 Å². The Hall–Kier alpha value is -2.69. The molecule has 0 amide bonds. The van der Waals surface area contributed by atoms with Crippen molar-refractivity contribution >= 4 is 41.2 Å². The van der Waals surface area contributed by atoms with Gasteiger partial charge in [0.1, 0.15) is 5.82 Å². The van der Waals surface area contributed by atoms with Gasteiger partial charge < -0.3 is 4.90 Å². The Labute approximate surface area is 174 Å². The summed E-state index contributed by atoms with van der Waals surface area (Å²) < 4.78 is 0. The molecule has 6 heteroatoms. The summed E-state index contributed by atoms with van der Waals surface area (Å²) in [5.74, 6) is 1.20. The molecule has 1 aromatic carbocycles. The Morgan fingerprint density at radius 3 is 2.46 bits per heavy atom. The van der Waals surface area contributed by atoms with Crippen molar-refractivity contribution in [2.75, 3.05) is 18.0 Å². The molecule has 2 aromatic heterocycles. The van der Waals surface area contributed by atoms with Gasteiger partial charge in [-0.2, -0.15) is 0 Å². The number of nitrogens with zero attached hydrogens (tertiary/aromatic N) is 4. The van der Waals surface area contributed by atoms with E-state index in [2.05, 4.69) is 33.0 Å². The van der Waals surface area contributed by atoms with Gasteiger partial charge in [-0.15, -0.1) is 0 Å². The highest BCUT2D eigenvalue weighted by atomic mass is 35.5. The van der Waals surface area contributed by atoms with E-state index in [4.69, 9.17) is 23.2 Å². The van der Waals surface area contributed by atoms with Crippen LogP contribution in [0.3, 0.4) is 0 Å². The fourth-order valence-corrected chi connectivity index (χ4v) is 3.64. The lowest BCUT2D eigenvalue weighted by Gasteiger charge is -2.40. The Kier molecular flexibility index (Phi) is 5.16. The van der Waals surface area contributed by atoms with Crippen LogP contribution in [0.15, 0.2) is 55.9 Å². The molecule has 1 aliphatic rings. The molecule has 0 unspecified atom stereocenters. The Morgan fingerprint density at radius 2 is 1.75 bits per heavy atom. The summed E-state index contributed by atoms with van der Waals surface area (Å²) in [6.07, 6.45) is 6.97. The molecule has 4 nitrogen and oxygen atoms in total. The maximum absolute atomic E-state index is 6.19. The zero-order chi connectivity index (χ0) is 19.7. The van der Waals surface area contributed by atoms with Crippen molar-refractivity contribution in [3.63, 3.8) is 0 Å². The SMILES string of the molecule is C=Cc1ccc(N2CC(c3nccnc3-c3ccc(Cl)c(Cl)c3)C2)nc1C=C. The van der Waals surface area contributed by atoms with Gasteiger partial charge in [0, 0.05) is 37.0 Å². The van der Waals surface area contributed by atoms with Crippen molar-refractivity contribution in [3.05, 3.63) is 82.9 Å². The molecule has 0 aliphatic carbocycles. The lowest BCUT2D eigenvalue weighted by molar-refractivity contribution is 0.508. The fraction of sp³-hybridized carbons (Fsp3) is 0.136. The van der Waals surface area contributed by atoms with Crippen LogP contribution < -0.4 is 4.90 Å². The van der Waals surface area contributed by atoms with Crippen LogP contribution in [0.4, 0.5) is 5.82 Å². The van der Waals surface area contributed by atoms with E-state index in [-0.39, 0.29) is 5.92 Å². The molecule has 0 saturated carbocycles. The zero-order valence-electron chi connectivity index (χ0n) is 15.1. The molecule has 0 spiro atoms. The number of aromatic nitrogens is 3. The van der Waals surface area contributed by atoms with Crippen LogP contribution in [0.2, 0.25) is 10.0 Å². The first kappa shape index (κ1) is 18.7. The molecule has 1 saturated heterocycles. The molecule has 0 radical (unpaired) electrons. The predicted octanol–water partition coefficient (Wildman–Crippen LogP) is 5.74. The Morgan fingerprint density at radius 1 is 0.964 bits per heavy atom. The fourth-order valence-electron chi connectivity index (χ4n) is 3.34. The van der Waals surface area contributed by atoms with Gasteiger partial charge in [0.15, 0.2) is 0 Å². The van der Waals surface area contributed by atoms with Crippen molar-refractivity contribution in [1.82, 2.24) is 15.0 Å². The average Bonchev–Trinajstić information content (AvgIpc) is 2.69. The third kappa shape index (κ3) is 3.41. The number of hydrogen-bond acceptors (Lipinski definition) is 4. The molecule has 1 aliphatic heterocycles. The van der Waals surface area contributed by atoms with Gasteiger partial charge in [-0.05, 0) is 35.9 Å². The number of hydrogen-bond donors (Lipinski definition) is 0. The van der Waals surface area contributed by atoms with Crippen LogP contribution in [0, 0.1) is 0 Å². The molecule has 0 atom stereocenters. The quantitative estimate of drug-likeness (QED) is 0.539. The maximum atomic E-state index is 6.19. The third-order valence-electron chi connectivity index (χ3n) is 4.87. The Bertz CT molecular complexity index is 1060. The summed E-state index contributed by atoms with van der Waals surface area (Å²) in [4.78, 5) is 16.1. The molecule has 0 N–H and O–H groups in total. The minimum atomic E-state index is 0.270. The van der Waals surface area contributed by atoms with E-state index in [9.17, 15) is 0 Å². The van der Waals surface area contributed by atoms with Crippen molar-refractivity contribution in [2.45, 2.75) is 5.92 Å². The minimum Gasteiger partial charge on any atom is -0.355 e. The van der Waals surface area contributed by atoms with Crippen molar-refractivity contribution in [1.29, 1.82) is 0 Å². The van der Waals surface area contributed by atoms with Crippen molar-refractivity contribution < 1.29 is 0 Å². The first-order valence-electron chi connectivity index (χ1n) is 8.88. The number of rotatable bonds is 5. The minimum absolute atomic E-state index is 0.270. The van der Waals surface area contributed by atoms with Crippen LogP contribution in [0.5, 0.6) is 0 Å². The van der Waals surface area contributed by atoms with Gasteiger partial charge in [0.2, 0.25) is 0 Å². The number of benzene rings is 1. The summed E-state index contributed by atoms with van der Waals surface area (Å²) >= 11 is 12.2. The van der Waals surface area contributed by atoms with E-state index < -0.39 is 0 Å². The smallest absolute Gasteiger partial charge is 0.129 e. The molecule has 0 bridgehead atoms. The van der Waals surface area contributed by atoms with E-state index in [0.717, 1.165) is 47.1 Å². The highest BCUT2D eigenvalue weighted by molar-refractivity contribution is 6.42. The number of pyridine rings is 1. The summed E-state index contributed by atoms with van der Waals surface area (Å²) in [5.41, 5.74) is 4.54. The normalized spacial score (nSPS) is 13.9. The lowest BCUT2D eigenvalue weighted by Crippen LogP contribution is -2.46. The Balaban J connectivity index is 1.58. The molecule has 4 rings (SSSR count). The van der Waals surface area contributed by atoms with Gasteiger partial charge in [-0.25, -0.2) is 4.98 Å². The zero-order valence-corrected chi connectivity index (χ0v) is 16.7. The summed E-state index contributed by atoms with van der Waals surface area (Å²) in [5, 5.41) is 1.03. The van der Waals surface area contributed by atoms with E-state index in [1.54, 1.807) is 30.6 Å². The molecular formula is C22H18Cl2N4. The second kappa shape index (κ2) is 7.74. The summed E-state index contributed by atoms with van der Waals surface area (Å²) in [6.45, 7) is 9.30. The maximum Gasteiger partial charge on any atom is 0.129 e. The van der Waals surface area contributed by atoms with E-state index in [1.807, 2.05) is 24.3 Å². The van der Waals surface area contributed by atoms with Gasteiger partial charge >= 0.3 is 0 Å². The van der Waals surface area contributed by atoms with E-state index >= 15 is 0 Å². The number of halogens is 2. The van der Waals surface area contributed by atoms with Gasteiger partial charge in [0.05, 0.1) is 27.1 Å². The molecule has 140 valence electrons. The summed E-state index contributed by atoms with van der Waals surface area (Å²) in [7, 11) is 0. The average molecular weight is 409 g/mol. The van der Waals surface area contributed by atoms with Gasteiger partial charge in [-0.1, -0.05) is 48.5 Å². The second-order valence-electron chi connectivity index (χ2n) is 6.57. The summed E-state index contributed by atoms with van der Waals surface area (Å²) in [6, 6.07) is 9.57. The molecule has 1 fully saturated rings. The first-order valence-corrected chi connectivity index (χ1v) is 9.63. The topological polar surface area (TPSA) is 41.9 Å². The van der Waals surface area contributed by atoms with Crippen molar-refractivity contribution in [3.8, 4) is 11.3 Å². The van der Waals surface area contributed by atoms with Crippen LogP contribution in [0.25, 0.3) is 23.4 Å². The first-order chi connectivity index (χ1) is 13.6. The number of anilines is 1. The molecular weight excluding hydrogens is 391 g/mol. The van der Waals surface area contributed by atoms with Gasteiger partial charge in [-0.3, -0.25) is 9.97 Å². The van der Waals surface area contributed by atoms with Gasteiger partial charge in [0.25, 0.3) is 0 Å². The standard InChI is InChI=1S/C22H18Cl2N4/c1-3-14-6-8-20(27-19(14)4-2)28-12-16(13-28)22-21(25-9-10-26-22)15-5-7-17(23)18(24)11-15/h3-11,16H,1-2,12-13H2. The molecule has 3 heterocycles. The van der Waals surface area contributed by atoms with Crippen molar-refractivity contribution in [2.24, 2.45) is 0 Å². The third-order valence-corrected chi connectivity index (χ3v) is 5.61. The largest absolute Gasteiger partial charge is 0.355 e. The van der Waals surface area contributed by atoms with Crippen LogP contribution in [-0.2, 0) is 0 Å². The highest BCUT2D eigenvalue weighted by Crippen LogP contribution is 2.36. The highest BCUT2D eigenvalue weighted by Gasteiger charge is 2.32. The second-order valence-corrected chi connectivity index (χ2v) is 7.39. The van der Waals surface area contributed by atoms with Crippen LogP contribution in [-0.4, -0.2) is 28.0 Å². The molecule has 28 heavy (non-hydrogen) atoms. The van der Waals surface area contributed by atoms with Crippen LogP contribution >= 0.6 is 23.2 Å². The van der Waals surface area contributed by atoms with E-state index in [0.29, 0.717) is 10.0 Å². The lowest BCUT2D eigenvalue weighted by atomic mass is 9.92. The monoisotopic (exact) mass is 408 g/mol. The molecule has 3 aromatic rings. The predicted molar refractivity (Wildman–Crippen MR) is 117 cm³/mol.